The van der Waals surface area contributed by atoms with E-state index < -0.39 is 0 Å². The SMILES string of the molecule is CCN(CC)C(=O)c1cn(CC2CCCN(C(=O)CCc3cccc(OC)c3)C2)nn1. The van der Waals surface area contributed by atoms with Crippen molar-refractivity contribution in [2.24, 2.45) is 5.92 Å². The van der Waals surface area contributed by atoms with E-state index in [9.17, 15) is 9.59 Å². The molecule has 1 aromatic carbocycles. The lowest BCUT2D eigenvalue weighted by molar-refractivity contribution is -0.133. The van der Waals surface area contributed by atoms with E-state index in [0.717, 1.165) is 37.2 Å². The van der Waals surface area contributed by atoms with Crippen molar-refractivity contribution in [1.82, 2.24) is 24.8 Å². The highest BCUT2D eigenvalue weighted by Crippen LogP contribution is 2.20. The van der Waals surface area contributed by atoms with Crippen molar-refractivity contribution >= 4 is 11.8 Å². The first-order valence-corrected chi connectivity index (χ1v) is 11.1. The quantitative estimate of drug-likeness (QED) is 0.615. The number of aryl methyl sites for hydroxylation is 1. The lowest BCUT2D eigenvalue weighted by atomic mass is 9.97. The van der Waals surface area contributed by atoms with E-state index in [1.165, 1.54) is 0 Å². The van der Waals surface area contributed by atoms with Crippen LogP contribution in [-0.2, 0) is 17.8 Å². The maximum atomic E-state index is 12.8. The fourth-order valence-corrected chi connectivity index (χ4v) is 4.10. The molecule has 8 nitrogen and oxygen atoms in total. The minimum absolute atomic E-state index is 0.0887. The lowest BCUT2D eigenvalue weighted by Gasteiger charge is -2.32. The third-order valence-electron chi connectivity index (χ3n) is 5.89. The number of aromatic nitrogens is 3. The van der Waals surface area contributed by atoms with Crippen LogP contribution < -0.4 is 4.74 Å². The van der Waals surface area contributed by atoms with Crippen LogP contribution in [0.25, 0.3) is 0 Å². The molecule has 1 atom stereocenters. The monoisotopic (exact) mass is 427 g/mol. The largest absolute Gasteiger partial charge is 0.497 e. The van der Waals surface area contributed by atoms with Gasteiger partial charge in [0.05, 0.1) is 13.3 Å². The van der Waals surface area contributed by atoms with Crippen LogP contribution in [0, 0.1) is 5.92 Å². The number of ether oxygens (including phenoxy) is 1. The Balaban J connectivity index is 1.52. The molecule has 0 saturated carbocycles. The summed E-state index contributed by atoms with van der Waals surface area (Å²) in [6.07, 6.45) is 4.95. The molecular weight excluding hydrogens is 394 g/mol. The molecular formula is C23H33N5O3. The van der Waals surface area contributed by atoms with E-state index in [0.29, 0.717) is 44.1 Å². The summed E-state index contributed by atoms with van der Waals surface area (Å²) in [5.74, 6) is 1.22. The number of hydrogen-bond donors (Lipinski definition) is 0. The Bertz CT molecular complexity index is 878. The van der Waals surface area contributed by atoms with Crippen molar-refractivity contribution in [3.63, 3.8) is 0 Å². The highest BCUT2D eigenvalue weighted by Gasteiger charge is 2.25. The summed E-state index contributed by atoms with van der Waals surface area (Å²) in [5, 5.41) is 8.21. The molecule has 1 aliphatic heterocycles. The molecule has 0 bridgehead atoms. The fourth-order valence-electron chi connectivity index (χ4n) is 4.10. The first-order chi connectivity index (χ1) is 15.0. The van der Waals surface area contributed by atoms with Crippen LogP contribution in [0.4, 0.5) is 0 Å². The number of rotatable bonds is 9. The van der Waals surface area contributed by atoms with E-state index in [1.54, 1.807) is 22.9 Å². The third-order valence-corrected chi connectivity index (χ3v) is 5.89. The highest BCUT2D eigenvalue weighted by atomic mass is 16.5. The number of amides is 2. The Morgan fingerprint density at radius 1 is 1.26 bits per heavy atom. The Hall–Kier alpha value is -2.90. The van der Waals surface area contributed by atoms with E-state index >= 15 is 0 Å². The number of benzene rings is 1. The van der Waals surface area contributed by atoms with Gasteiger partial charge in [0.1, 0.15) is 5.75 Å². The van der Waals surface area contributed by atoms with Gasteiger partial charge in [-0.1, -0.05) is 17.3 Å². The first kappa shape index (κ1) is 22.8. The number of nitrogens with zero attached hydrogens (tertiary/aromatic N) is 5. The van der Waals surface area contributed by atoms with Gasteiger partial charge in [-0.3, -0.25) is 14.3 Å². The zero-order chi connectivity index (χ0) is 22.2. The van der Waals surface area contributed by atoms with E-state index in [2.05, 4.69) is 10.3 Å². The molecule has 1 saturated heterocycles. The number of methoxy groups -OCH3 is 1. The second-order valence-corrected chi connectivity index (χ2v) is 8.00. The fraction of sp³-hybridized carbons (Fsp3) is 0.565. The maximum absolute atomic E-state index is 12.8. The summed E-state index contributed by atoms with van der Waals surface area (Å²) in [5.41, 5.74) is 1.49. The number of hydrogen-bond acceptors (Lipinski definition) is 5. The van der Waals surface area contributed by atoms with Crippen LogP contribution in [0.2, 0.25) is 0 Å². The van der Waals surface area contributed by atoms with Crippen molar-refractivity contribution in [3.05, 3.63) is 41.7 Å². The van der Waals surface area contributed by atoms with Gasteiger partial charge in [0.25, 0.3) is 5.91 Å². The van der Waals surface area contributed by atoms with Gasteiger partial charge in [-0.15, -0.1) is 5.10 Å². The van der Waals surface area contributed by atoms with Gasteiger partial charge in [-0.05, 0) is 56.7 Å². The summed E-state index contributed by atoms with van der Waals surface area (Å²) < 4.78 is 7.00. The predicted octanol–water partition coefficient (Wildman–Crippen LogP) is 2.64. The summed E-state index contributed by atoms with van der Waals surface area (Å²) in [6, 6.07) is 7.86. The van der Waals surface area contributed by atoms with E-state index in [4.69, 9.17) is 4.74 Å². The minimum Gasteiger partial charge on any atom is -0.497 e. The van der Waals surface area contributed by atoms with Crippen LogP contribution in [-0.4, -0.2) is 69.9 Å². The van der Waals surface area contributed by atoms with Crippen LogP contribution in [0.3, 0.4) is 0 Å². The van der Waals surface area contributed by atoms with Gasteiger partial charge in [-0.2, -0.15) is 0 Å². The Kier molecular flexibility index (Phi) is 8.03. The van der Waals surface area contributed by atoms with Gasteiger partial charge >= 0.3 is 0 Å². The second kappa shape index (κ2) is 10.9. The molecule has 2 aromatic rings. The first-order valence-electron chi connectivity index (χ1n) is 11.1. The number of carbonyl (C=O) groups excluding carboxylic acids is 2. The molecule has 0 spiro atoms. The second-order valence-electron chi connectivity index (χ2n) is 8.00. The van der Waals surface area contributed by atoms with Crippen LogP contribution in [0.5, 0.6) is 5.75 Å². The standard InChI is InChI=1S/C23H33N5O3/c1-4-26(5-2)23(30)21-17-28(25-24-21)16-19-9-7-13-27(15-19)22(29)12-11-18-8-6-10-20(14-18)31-3/h6,8,10,14,17,19H,4-5,7,9,11-13,15-16H2,1-3H3. The third kappa shape index (κ3) is 6.06. The van der Waals surface area contributed by atoms with Crippen LogP contribution in [0.15, 0.2) is 30.5 Å². The summed E-state index contributed by atoms with van der Waals surface area (Å²) >= 11 is 0. The summed E-state index contributed by atoms with van der Waals surface area (Å²) in [6.45, 7) is 7.39. The zero-order valence-corrected chi connectivity index (χ0v) is 18.8. The van der Waals surface area contributed by atoms with E-state index in [-0.39, 0.29) is 11.8 Å². The number of piperidine rings is 1. The molecule has 8 heteroatoms. The zero-order valence-electron chi connectivity index (χ0n) is 18.8. The van der Waals surface area contributed by atoms with Gasteiger partial charge in [0, 0.05) is 39.1 Å². The Morgan fingerprint density at radius 2 is 2.06 bits per heavy atom. The van der Waals surface area contributed by atoms with Crippen molar-refractivity contribution in [2.75, 3.05) is 33.3 Å². The normalized spacial score (nSPS) is 16.2. The average molecular weight is 428 g/mol. The molecule has 1 aromatic heterocycles. The van der Waals surface area contributed by atoms with Crippen molar-refractivity contribution in [1.29, 1.82) is 0 Å². The molecule has 1 fully saturated rings. The molecule has 0 N–H and O–H groups in total. The molecule has 168 valence electrons. The van der Waals surface area contributed by atoms with Crippen LogP contribution >= 0.6 is 0 Å². The Morgan fingerprint density at radius 3 is 2.81 bits per heavy atom. The lowest BCUT2D eigenvalue weighted by Crippen LogP contribution is -2.41. The molecule has 1 aliphatic rings. The van der Waals surface area contributed by atoms with Crippen molar-refractivity contribution < 1.29 is 14.3 Å². The Labute approximate surface area is 184 Å². The molecule has 31 heavy (non-hydrogen) atoms. The van der Waals surface area contributed by atoms with Gasteiger partial charge < -0.3 is 14.5 Å². The minimum atomic E-state index is -0.0887. The molecule has 1 unspecified atom stereocenters. The van der Waals surface area contributed by atoms with E-state index in [1.807, 2.05) is 43.0 Å². The molecule has 0 aliphatic carbocycles. The molecule has 3 rings (SSSR count). The van der Waals surface area contributed by atoms with Crippen LogP contribution in [0.1, 0.15) is 49.2 Å². The summed E-state index contributed by atoms with van der Waals surface area (Å²) in [7, 11) is 1.65. The smallest absolute Gasteiger partial charge is 0.276 e. The summed E-state index contributed by atoms with van der Waals surface area (Å²) in [4.78, 5) is 28.9. The highest BCUT2D eigenvalue weighted by molar-refractivity contribution is 5.91. The van der Waals surface area contributed by atoms with Crippen molar-refractivity contribution in [3.8, 4) is 5.75 Å². The molecule has 0 radical (unpaired) electrons. The number of likely N-dealkylation sites (tertiary alicyclic amines) is 1. The molecule has 2 heterocycles. The average Bonchev–Trinajstić information content (AvgIpc) is 3.27. The maximum Gasteiger partial charge on any atom is 0.276 e. The number of carbonyl (C=O) groups is 2. The van der Waals surface area contributed by atoms with Crippen molar-refractivity contribution in [2.45, 2.75) is 46.1 Å². The predicted molar refractivity (Wildman–Crippen MR) is 118 cm³/mol. The van der Waals surface area contributed by atoms with Gasteiger partial charge in [-0.25, -0.2) is 0 Å². The molecule has 2 amide bonds. The van der Waals surface area contributed by atoms with Gasteiger partial charge in [0.2, 0.25) is 5.91 Å². The van der Waals surface area contributed by atoms with Gasteiger partial charge in [0.15, 0.2) is 5.69 Å². The topological polar surface area (TPSA) is 80.6 Å².